The number of hydrogen-bond donors (Lipinski definition) is 3. The summed E-state index contributed by atoms with van der Waals surface area (Å²) >= 11 is 0. The lowest BCUT2D eigenvalue weighted by atomic mass is 10.2. The molecule has 1 unspecified atom stereocenters. The summed E-state index contributed by atoms with van der Waals surface area (Å²) < 4.78 is 1.42. The molecule has 2 rings (SSSR count). The largest absolute Gasteiger partial charge is 0.368 e. The lowest BCUT2D eigenvalue weighted by Crippen LogP contribution is -2.28. The predicted molar refractivity (Wildman–Crippen MR) is 65.1 cm³/mol. The van der Waals surface area contributed by atoms with E-state index in [1.54, 1.807) is 13.0 Å². The van der Waals surface area contributed by atoms with Crippen LogP contribution in [-0.2, 0) is 0 Å². The Balaban J connectivity index is 2.28. The molecule has 0 aliphatic heterocycles. The van der Waals surface area contributed by atoms with Crippen molar-refractivity contribution in [2.75, 3.05) is 11.9 Å². The fourth-order valence-electron chi connectivity index (χ4n) is 1.57. The van der Waals surface area contributed by atoms with Crippen LogP contribution in [0.15, 0.2) is 10.9 Å². The summed E-state index contributed by atoms with van der Waals surface area (Å²) in [5.74, 6) is 1.27. The van der Waals surface area contributed by atoms with E-state index in [1.165, 1.54) is 4.40 Å². The van der Waals surface area contributed by atoms with Gasteiger partial charge in [-0.25, -0.2) is 19.3 Å². The SMILES string of the molecule is CCC(N)CNc1cc2n[nH]c(=O)n2c(C)n1. The van der Waals surface area contributed by atoms with E-state index in [-0.39, 0.29) is 11.7 Å². The Morgan fingerprint density at radius 1 is 1.65 bits per heavy atom. The molecule has 1 atom stereocenters. The van der Waals surface area contributed by atoms with Crippen LogP contribution in [0.4, 0.5) is 5.82 Å². The smallest absolute Gasteiger partial charge is 0.349 e. The summed E-state index contributed by atoms with van der Waals surface area (Å²) in [7, 11) is 0. The molecule has 7 nitrogen and oxygen atoms in total. The summed E-state index contributed by atoms with van der Waals surface area (Å²) in [6, 6.07) is 1.81. The highest BCUT2D eigenvalue weighted by Crippen LogP contribution is 2.07. The van der Waals surface area contributed by atoms with Gasteiger partial charge in [-0.05, 0) is 13.3 Å². The molecule has 0 aliphatic rings. The van der Waals surface area contributed by atoms with Crippen LogP contribution in [0.25, 0.3) is 5.65 Å². The van der Waals surface area contributed by atoms with Gasteiger partial charge in [-0.2, -0.15) is 5.10 Å². The molecular weight excluding hydrogens is 220 g/mol. The van der Waals surface area contributed by atoms with Gasteiger partial charge in [-0.15, -0.1) is 0 Å². The topological polar surface area (TPSA) is 101 Å². The second-order valence-corrected chi connectivity index (χ2v) is 3.96. The van der Waals surface area contributed by atoms with Crippen molar-refractivity contribution in [3.05, 3.63) is 22.4 Å². The van der Waals surface area contributed by atoms with Crippen LogP contribution in [0.5, 0.6) is 0 Å². The van der Waals surface area contributed by atoms with Crippen molar-refractivity contribution in [2.24, 2.45) is 5.73 Å². The molecule has 0 spiro atoms. The van der Waals surface area contributed by atoms with E-state index in [4.69, 9.17) is 5.73 Å². The zero-order valence-corrected chi connectivity index (χ0v) is 9.90. The van der Waals surface area contributed by atoms with Crippen molar-refractivity contribution in [3.8, 4) is 0 Å². The number of aryl methyl sites for hydroxylation is 1. The van der Waals surface area contributed by atoms with Gasteiger partial charge in [0, 0.05) is 18.7 Å². The van der Waals surface area contributed by atoms with Crippen LogP contribution in [0.1, 0.15) is 19.2 Å². The normalized spacial score (nSPS) is 12.9. The minimum Gasteiger partial charge on any atom is -0.368 e. The summed E-state index contributed by atoms with van der Waals surface area (Å²) in [5.41, 5.74) is 6.08. The first-order chi connectivity index (χ1) is 8.11. The first kappa shape index (κ1) is 11.6. The van der Waals surface area contributed by atoms with Crippen molar-refractivity contribution < 1.29 is 0 Å². The highest BCUT2D eigenvalue weighted by Gasteiger charge is 2.07. The van der Waals surface area contributed by atoms with Gasteiger partial charge in [-0.1, -0.05) is 6.92 Å². The lowest BCUT2D eigenvalue weighted by Gasteiger charge is -2.11. The number of nitrogens with one attached hydrogen (secondary N) is 2. The number of rotatable bonds is 4. The van der Waals surface area contributed by atoms with Gasteiger partial charge in [0.2, 0.25) is 0 Å². The van der Waals surface area contributed by atoms with E-state index in [2.05, 4.69) is 20.5 Å². The Hall–Kier alpha value is -1.89. The molecule has 0 bridgehead atoms. The van der Waals surface area contributed by atoms with Gasteiger partial charge in [-0.3, -0.25) is 0 Å². The van der Waals surface area contributed by atoms with Crippen molar-refractivity contribution in [3.63, 3.8) is 0 Å². The number of aromatic nitrogens is 4. The van der Waals surface area contributed by atoms with Gasteiger partial charge in [0.15, 0.2) is 5.65 Å². The Kier molecular flexibility index (Phi) is 3.10. The first-order valence-electron chi connectivity index (χ1n) is 5.56. The molecule has 2 aromatic heterocycles. The van der Waals surface area contributed by atoms with E-state index in [0.717, 1.165) is 6.42 Å². The summed E-state index contributed by atoms with van der Waals surface area (Å²) in [6.07, 6.45) is 0.899. The number of fused-ring (bicyclic) bond motifs is 1. The summed E-state index contributed by atoms with van der Waals surface area (Å²) in [6.45, 7) is 4.43. The van der Waals surface area contributed by atoms with Crippen molar-refractivity contribution in [1.29, 1.82) is 0 Å². The Labute approximate surface area is 98.1 Å². The second kappa shape index (κ2) is 4.54. The Morgan fingerprint density at radius 3 is 3.12 bits per heavy atom. The Bertz CT molecular complexity index is 572. The summed E-state index contributed by atoms with van der Waals surface area (Å²) in [5, 5.41) is 9.42. The predicted octanol–water partition coefficient (Wildman–Crippen LogP) is -0.125. The van der Waals surface area contributed by atoms with E-state index < -0.39 is 0 Å². The van der Waals surface area contributed by atoms with Gasteiger partial charge >= 0.3 is 5.69 Å². The molecule has 2 heterocycles. The van der Waals surface area contributed by atoms with Crippen molar-refractivity contribution in [1.82, 2.24) is 19.6 Å². The third-order valence-corrected chi connectivity index (χ3v) is 2.64. The van der Waals surface area contributed by atoms with Gasteiger partial charge in [0.05, 0.1) is 0 Å². The fraction of sp³-hybridized carbons (Fsp3) is 0.500. The molecule has 0 amide bonds. The molecule has 0 saturated carbocycles. The molecule has 0 radical (unpaired) electrons. The molecule has 0 fully saturated rings. The van der Waals surface area contributed by atoms with Crippen LogP contribution in [0.2, 0.25) is 0 Å². The average Bonchev–Trinajstić information content (AvgIpc) is 2.68. The molecule has 7 heteroatoms. The first-order valence-corrected chi connectivity index (χ1v) is 5.56. The Morgan fingerprint density at radius 2 is 2.41 bits per heavy atom. The molecule has 92 valence electrons. The van der Waals surface area contributed by atoms with Crippen LogP contribution in [0.3, 0.4) is 0 Å². The number of nitrogens with two attached hydrogens (primary N) is 1. The molecule has 2 aromatic rings. The molecular formula is C10H16N6O. The number of H-pyrrole nitrogens is 1. The van der Waals surface area contributed by atoms with E-state index >= 15 is 0 Å². The van der Waals surface area contributed by atoms with Crippen LogP contribution in [0, 0.1) is 6.92 Å². The zero-order chi connectivity index (χ0) is 12.4. The standard InChI is InChI=1S/C10H16N6O/c1-3-7(11)5-12-8-4-9-14-15-10(17)16(9)6(2)13-8/h4,7,12H,3,5,11H2,1-2H3,(H,15,17). The van der Waals surface area contributed by atoms with Crippen LogP contribution < -0.4 is 16.7 Å². The highest BCUT2D eigenvalue weighted by atomic mass is 16.1. The third kappa shape index (κ3) is 2.28. The maximum Gasteiger partial charge on any atom is 0.349 e. The quantitative estimate of drug-likeness (QED) is 0.686. The minimum atomic E-state index is -0.276. The van der Waals surface area contributed by atoms with Crippen molar-refractivity contribution in [2.45, 2.75) is 26.3 Å². The zero-order valence-electron chi connectivity index (χ0n) is 9.90. The summed E-state index contributed by atoms with van der Waals surface area (Å²) in [4.78, 5) is 15.7. The maximum atomic E-state index is 11.4. The molecule has 0 saturated heterocycles. The van der Waals surface area contributed by atoms with Gasteiger partial charge in [0.1, 0.15) is 11.6 Å². The molecule has 4 N–H and O–H groups in total. The molecule has 0 aliphatic carbocycles. The maximum absolute atomic E-state index is 11.4. The lowest BCUT2D eigenvalue weighted by molar-refractivity contribution is 0.677. The number of aromatic amines is 1. The van der Waals surface area contributed by atoms with Crippen LogP contribution >= 0.6 is 0 Å². The van der Waals surface area contributed by atoms with E-state index in [9.17, 15) is 4.79 Å². The minimum absolute atomic E-state index is 0.0923. The second-order valence-electron chi connectivity index (χ2n) is 3.96. The average molecular weight is 236 g/mol. The highest BCUT2D eigenvalue weighted by molar-refractivity contribution is 5.49. The third-order valence-electron chi connectivity index (χ3n) is 2.64. The van der Waals surface area contributed by atoms with E-state index in [1.807, 2.05) is 6.92 Å². The van der Waals surface area contributed by atoms with Gasteiger partial charge in [0.25, 0.3) is 0 Å². The molecule has 0 aromatic carbocycles. The number of anilines is 1. The fourth-order valence-corrected chi connectivity index (χ4v) is 1.57. The number of hydrogen-bond acceptors (Lipinski definition) is 5. The van der Waals surface area contributed by atoms with Crippen LogP contribution in [-0.4, -0.2) is 32.2 Å². The number of nitrogens with zero attached hydrogens (tertiary/aromatic N) is 3. The van der Waals surface area contributed by atoms with Gasteiger partial charge < -0.3 is 11.1 Å². The molecule has 17 heavy (non-hydrogen) atoms. The monoisotopic (exact) mass is 236 g/mol. The van der Waals surface area contributed by atoms with Crippen molar-refractivity contribution >= 4 is 11.5 Å². The van der Waals surface area contributed by atoms with E-state index in [0.29, 0.717) is 23.8 Å².